The third-order valence-corrected chi connectivity index (χ3v) is 6.91. The minimum absolute atomic E-state index is 0.0344. The molecule has 29 heavy (non-hydrogen) atoms. The summed E-state index contributed by atoms with van der Waals surface area (Å²) in [7, 11) is 0. The van der Waals surface area contributed by atoms with Crippen molar-refractivity contribution in [3.63, 3.8) is 0 Å². The molecule has 4 fully saturated rings. The second-order valence-electron chi connectivity index (χ2n) is 8.84. The summed E-state index contributed by atoms with van der Waals surface area (Å²) in [5, 5.41) is 5.49. The Morgan fingerprint density at radius 1 is 1.21 bits per heavy atom. The third-order valence-electron chi connectivity index (χ3n) is 6.61. The molecule has 8 heteroatoms. The molecule has 2 amide bonds. The predicted molar refractivity (Wildman–Crippen MR) is 107 cm³/mol. The summed E-state index contributed by atoms with van der Waals surface area (Å²) in [4.78, 5) is 41.1. The Kier molecular flexibility index (Phi) is 5.51. The first-order chi connectivity index (χ1) is 13.8. The van der Waals surface area contributed by atoms with E-state index in [1.54, 1.807) is 12.1 Å². The van der Waals surface area contributed by atoms with E-state index in [4.69, 9.17) is 16.3 Å². The number of hydrogen-bond donors (Lipinski definition) is 2. The van der Waals surface area contributed by atoms with E-state index >= 15 is 0 Å². The maximum atomic E-state index is 12.9. The van der Waals surface area contributed by atoms with E-state index in [2.05, 4.69) is 15.6 Å². The molecule has 1 atom stereocenters. The summed E-state index contributed by atoms with van der Waals surface area (Å²) in [6.07, 6.45) is 7.05. The first kappa shape index (κ1) is 20.1. The molecular weight excluding hydrogens is 394 g/mol. The lowest BCUT2D eigenvalue weighted by atomic mass is 9.49. The van der Waals surface area contributed by atoms with Crippen LogP contribution < -0.4 is 10.6 Å². The number of carbonyl (C=O) groups is 3. The van der Waals surface area contributed by atoms with E-state index in [9.17, 15) is 14.4 Å². The average molecular weight is 420 g/mol. The van der Waals surface area contributed by atoms with E-state index < -0.39 is 18.0 Å². The van der Waals surface area contributed by atoms with Crippen LogP contribution in [0.4, 0.5) is 5.69 Å². The van der Waals surface area contributed by atoms with E-state index in [-0.39, 0.29) is 23.0 Å². The molecule has 1 aromatic rings. The van der Waals surface area contributed by atoms with Crippen LogP contribution in [-0.4, -0.2) is 35.4 Å². The predicted octanol–water partition coefficient (Wildman–Crippen LogP) is 2.94. The molecule has 5 rings (SSSR count). The topological polar surface area (TPSA) is 97.4 Å². The van der Waals surface area contributed by atoms with Crippen LogP contribution in [0.1, 0.15) is 45.4 Å². The lowest BCUT2D eigenvalue weighted by molar-refractivity contribution is -0.155. The van der Waals surface area contributed by atoms with Gasteiger partial charge in [-0.15, -0.1) is 0 Å². The summed E-state index contributed by atoms with van der Waals surface area (Å²) < 4.78 is 5.16. The van der Waals surface area contributed by atoms with Crippen molar-refractivity contribution < 1.29 is 19.1 Å². The van der Waals surface area contributed by atoms with Gasteiger partial charge in [0.1, 0.15) is 6.54 Å². The lowest BCUT2D eigenvalue weighted by Gasteiger charge is -2.55. The Bertz CT molecular complexity index is 793. The first-order valence-corrected chi connectivity index (χ1v) is 10.6. The summed E-state index contributed by atoms with van der Waals surface area (Å²) in [5.41, 5.74) is 0.0342. The van der Waals surface area contributed by atoms with E-state index in [1.165, 1.54) is 32.4 Å². The molecule has 156 valence electrons. The average Bonchev–Trinajstić information content (AvgIpc) is 2.66. The van der Waals surface area contributed by atoms with Crippen LogP contribution in [0.25, 0.3) is 0 Å². The molecule has 4 aliphatic carbocycles. The molecule has 0 unspecified atom stereocenters. The zero-order valence-corrected chi connectivity index (χ0v) is 17.2. The number of esters is 1. The minimum atomic E-state index is -1.02. The largest absolute Gasteiger partial charge is 0.451 e. The maximum Gasteiger partial charge on any atom is 0.326 e. The molecular formula is C21H26ClN3O4. The molecule has 1 aromatic heterocycles. The van der Waals surface area contributed by atoms with Gasteiger partial charge in [0.25, 0.3) is 5.91 Å². The molecule has 2 N–H and O–H groups in total. The van der Waals surface area contributed by atoms with Crippen molar-refractivity contribution in [1.82, 2.24) is 10.3 Å². The lowest BCUT2D eigenvalue weighted by Crippen LogP contribution is -2.54. The Morgan fingerprint density at radius 2 is 1.83 bits per heavy atom. The highest BCUT2D eigenvalue weighted by molar-refractivity contribution is 6.32. The van der Waals surface area contributed by atoms with Gasteiger partial charge in [0.15, 0.2) is 11.3 Å². The molecule has 4 saturated carbocycles. The summed E-state index contributed by atoms with van der Waals surface area (Å²) >= 11 is 5.91. The normalized spacial score (nSPS) is 30.5. The van der Waals surface area contributed by atoms with Gasteiger partial charge in [0.2, 0.25) is 5.91 Å². The molecule has 1 heterocycles. The van der Waals surface area contributed by atoms with Gasteiger partial charge in [-0.2, -0.15) is 0 Å². The smallest absolute Gasteiger partial charge is 0.326 e. The van der Waals surface area contributed by atoms with Crippen LogP contribution in [0.15, 0.2) is 18.3 Å². The monoisotopic (exact) mass is 419 g/mol. The number of hydrogen-bond acceptors (Lipinski definition) is 5. The highest BCUT2D eigenvalue weighted by atomic mass is 35.5. The van der Waals surface area contributed by atoms with Crippen LogP contribution in [0.2, 0.25) is 5.15 Å². The highest BCUT2D eigenvalue weighted by Crippen LogP contribution is 2.60. The van der Waals surface area contributed by atoms with Crippen LogP contribution in [-0.2, 0) is 19.1 Å². The number of nitrogens with one attached hydrogen (secondary N) is 2. The Hall–Kier alpha value is -2.15. The summed E-state index contributed by atoms with van der Waals surface area (Å²) in [6.45, 7) is 1.24. The van der Waals surface area contributed by atoms with Crippen molar-refractivity contribution >= 4 is 35.1 Å². The van der Waals surface area contributed by atoms with E-state index in [0.717, 1.165) is 19.3 Å². The van der Waals surface area contributed by atoms with Crippen LogP contribution >= 0.6 is 11.6 Å². The molecule has 0 radical (unpaired) electrons. The number of rotatable bonds is 6. The Morgan fingerprint density at radius 3 is 2.41 bits per heavy atom. The molecule has 4 aliphatic rings. The molecule has 7 nitrogen and oxygen atoms in total. The number of amides is 2. The van der Waals surface area contributed by atoms with Crippen LogP contribution in [0.3, 0.4) is 0 Å². The highest BCUT2D eigenvalue weighted by Gasteiger charge is 2.54. The standard InChI is InChI=1S/C21H26ClN3O4/c1-12(19(27)25-16-3-2-4-23-18(16)22)29-17(26)11-24-20(28)21-8-13-5-14(9-21)7-15(6-13)10-21/h2-4,12-15H,5-11H2,1H3,(H,24,28)(H,25,27)/t12-,13?,14?,15?,21?/m1/s1. The van der Waals surface area contributed by atoms with Gasteiger partial charge in [0, 0.05) is 11.6 Å². The third kappa shape index (κ3) is 4.25. The number of aromatic nitrogens is 1. The minimum Gasteiger partial charge on any atom is -0.451 e. The fraction of sp³-hybridized carbons (Fsp3) is 0.619. The van der Waals surface area contributed by atoms with Gasteiger partial charge in [0.05, 0.1) is 5.69 Å². The zero-order chi connectivity index (χ0) is 20.6. The van der Waals surface area contributed by atoms with Crippen molar-refractivity contribution in [2.24, 2.45) is 23.2 Å². The fourth-order valence-corrected chi connectivity index (χ4v) is 5.90. The molecule has 0 aliphatic heterocycles. The number of pyridine rings is 1. The number of nitrogens with zero attached hydrogens (tertiary/aromatic N) is 1. The van der Waals surface area contributed by atoms with Crippen molar-refractivity contribution in [2.75, 3.05) is 11.9 Å². The summed E-state index contributed by atoms with van der Waals surface area (Å²) in [6, 6.07) is 3.24. The van der Waals surface area contributed by atoms with Gasteiger partial charge in [-0.1, -0.05) is 11.6 Å². The van der Waals surface area contributed by atoms with Crippen molar-refractivity contribution in [3.05, 3.63) is 23.5 Å². The van der Waals surface area contributed by atoms with Crippen LogP contribution in [0, 0.1) is 23.2 Å². The van der Waals surface area contributed by atoms with Crippen molar-refractivity contribution in [1.29, 1.82) is 0 Å². The maximum absolute atomic E-state index is 12.9. The zero-order valence-electron chi connectivity index (χ0n) is 16.4. The number of halogens is 1. The van der Waals surface area contributed by atoms with Gasteiger partial charge in [-0.25, -0.2) is 4.98 Å². The van der Waals surface area contributed by atoms with Gasteiger partial charge in [-0.05, 0) is 75.3 Å². The number of carbonyl (C=O) groups excluding carboxylic acids is 3. The SMILES string of the molecule is C[C@@H](OC(=O)CNC(=O)C12CC3CC(CC(C3)C1)C2)C(=O)Nc1cccnc1Cl. The quantitative estimate of drug-likeness (QED) is 0.545. The first-order valence-electron chi connectivity index (χ1n) is 10.2. The fourth-order valence-electron chi connectivity index (χ4n) is 5.73. The molecule has 4 bridgehead atoms. The van der Waals surface area contributed by atoms with E-state index in [0.29, 0.717) is 23.4 Å². The van der Waals surface area contributed by atoms with Crippen molar-refractivity contribution in [3.8, 4) is 0 Å². The van der Waals surface area contributed by atoms with Crippen molar-refractivity contribution in [2.45, 2.75) is 51.6 Å². The Labute approximate surface area is 174 Å². The molecule has 0 spiro atoms. The second kappa shape index (κ2) is 7.94. The molecule has 0 aromatic carbocycles. The van der Waals surface area contributed by atoms with Gasteiger partial charge in [-0.3, -0.25) is 14.4 Å². The number of anilines is 1. The molecule has 0 saturated heterocycles. The second-order valence-corrected chi connectivity index (χ2v) is 9.20. The van der Waals surface area contributed by atoms with Gasteiger partial charge >= 0.3 is 5.97 Å². The number of ether oxygens (including phenoxy) is 1. The van der Waals surface area contributed by atoms with Gasteiger partial charge < -0.3 is 15.4 Å². The van der Waals surface area contributed by atoms with E-state index in [1.807, 2.05) is 0 Å². The van der Waals surface area contributed by atoms with Crippen LogP contribution in [0.5, 0.6) is 0 Å². The summed E-state index contributed by atoms with van der Waals surface area (Å²) in [5.74, 6) is 0.780. The Balaban J connectivity index is 1.26.